The Labute approximate surface area is 451 Å². The zero-order valence-electron chi connectivity index (χ0n) is 42.7. The van der Waals surface area contributed by atoms with E-state index >= 15 is 0 Å². The van der Waals surface area contributed by atoms with Gasteiger partial charge < -0.3 is 0 Å². The second-order valence-corrected chi connectivity index (χ2v) is 28.5. The van der Waals surface area contributed by atoms with Gasteiger partial charge in [-0.1, -0.05) is 0 Å². The number of halogens is 1. The van der Waals surface area contributed by atoms with Gasteiger partial charge in [-0.05, 0) is 0 Å². The van der Waals surface area contributed by atoms with E-state index in [1.807, 2.05) is 0 Å². The molecule has 0 saturated carbocycles. The molecule has 0 amide bonds. The second kappa shape index (κ2) is 23.6. The predicted molar refractivity (Wildman–Crippen MR) is 331 cm³/mol. The Hall–Kier alpha value is -7.18. The van der Waals surface area contributed by atoms with Crippen LogP contribution in [0.15, 0.2) is 289 Å². The van der Waals surface area contributed by atoms with Crippen LogP contribution in [0.25, 0.3) is 22.6 Å². The third kappa shape index (κ3) is 10.6. The van der Waals surface area contributed by atoms with E-state index in [2.05, 4.69) is 289 Å². The zero-order chi connectivity index (χ0) is 50.7. The Morgan fingerprint density at radius 1 is 0.480 bits per heavy atom. The first-order valence-corrected chi connectivity index (χ1v) is 31.7. The number of rotatable bonds is 17. The fourth-order valence-corrected chi connectivity index (χ4v) is 22.1. The van der Waals surface area contributed by atoms with E-state index in [9.17, 15) is 0 Å². The van der Waals surface area contributed by atoms with Crippen molar-refractivity contribution in [3.05, 3.63) is 301 Å². The first kappa shape index (κ1) is 50.0. The quantitative estimate of drug-likeness (QED) is 0.0651. The van der Waals surface area contributed by atoms with Crippen molar-refractivity contribution in [1.82, 2.24) is 0 Å². The first-order chi connectivity index (χ1) is 37.1. The monoisotopic (exact) mass is 1030 g/mol. The van der Waals surface area contributed by atoms with Gasteiger partial charge in [0.2, 0.25) is 0 Å². The number of pyridine rings is 1. The van der Waals surface area contributed by atoms with Gasteiger partial charge in [-0.25, -0.2) is 0 Å². The zero-order valence-corrected chi connectivity index (χ0v) is 45.5. The molecule has 2 aliphatic rings. The summed E-state index contributed by atoms with van der Waals surface area (Å²) < 4.78 is 2.46. The average Bonchev–Trinajstić information content (AvgIpc) is 3.49. The Kier molecular flexibility index (Phi) is 15.7. The molecule has 0 fully saturated rings. The van der Waals surface area contributed by atoms with Crippen LogP contribution in [0, 0.1) is 0 Å². The standard InChI is InChI=1S/C70H66ClN2P2/c71-70-58(46-44-56-48-52-72(68-42-21-19-40-66(56)68)50-24-54-74(60-28-7-1-8-29-60,61-30-9-2-10-31-61)62-32-11-3-12-33-62)26-23-27-59(70)47-45-57-49-53-73(69-43-22-20-41-67(57)69)51-25-55-75(63-34-13-4-14-35-63,64-36-15-5-16-37-64)65-38-17-6-18-39-65/h1-22,28-49,52-53,74-75H,23-27,50-51,54-55H2/q+1. The molecule has 2 heterocycles. The Balaban J connectivity index is 0.810. The Morgan fingerprint density at radius 2 is 0.960 bits per heavy atom. The summed E-state index contributed by atoms with van der Waals surface area (Å²) in [7, 11) is -4.65. The average molecular weight is 1030 g/mol. The molecule has 0 atom stereocenters. The number of anilines is 1. The molecule has 2 nitrogen and oxygen atoms in total. The molecule has 1 aromatic heterocycles. The number of aryl methyl sites for hydroxylation is 1. The molecular formula is C70H66ClN2P2+. The van der Waals surface area contributed by atoms with Gasteiger partial charge in [0.25, 0.3) is 0 Å². The van der Waals surface area contributed by atoms with Gasteiger partial charge in [-0.3, -0.25) is 0 Å². The summed E-state index contributed by atoms with van der Waals surface area (Å²) in [4.78, 5) is 2.46. The fraction of sp³-hybridized carbons (Fsp3) is 0.129. The molecule has 0 saturated heterocycles. The molecule has 0 bridgehead atoms. The molecule has 0 N–H and O–H groups in total. The predicted octanol–water partition coefficient (Wildman–Crippen LogP) is 14.4. The number of allylic oxidation sites excluding steroid dienone is 8. The Morgan fingerprint density at radius 3 is 1.51 bits per heavy atom. The number of fused-ring (bicyclic) bond motifs is 2. The third-order valence-electron chi connectivity index (χ3n) is 15.8. The second-order valence-electron chi connectivity index (χ2n) is 20.1. The summed E-state index contributed by atoms with van der Waals surface area (Å²) in [5.74, 6) is 0. The van der Waals surface area contributed by atoms with Gasteiger partial charge in [0.15, 0.2) is 0 Å². The molecule has 75 heavy (non-hydrogen) atoms. The van der Waals surface area contributed by atoms with Crippen LogP contribution in [-0.2, 0) is 6.54 Å². The molecule has 8 aromatic carbocycles. The minimum atomic E-state index is -2.33. The summed E-state index contributed by atoms with van der Waals surface area (Å²) in [5.41, 5.74) is 8.57. The van der Waals surface area contributed by atoms with Crippen LogP contribution in [0.3, 0.4) is 0 Å². The molecule has 9 aromatic rings. The maximum absolute atomic E-state index is 7.36. The number of para-hydroxylation sites is 2. The van der Waals surface area contributed by atoms with Gasteiger partial charge in [-0.15, -0.1) is 0 Å². The minimum absolute atomic E-state index is 0.880. The van der Waals surface area contributed by atoms with E-state index in [0.717, 1.165) is 62.5 Å². The van der Waals surface area contributed by atoms with Crippen molar-refractivity contribution in [3.8, 4) is 0 Å². The van der Waals surface area contributed by atoms with E-state index in [1.54, 1.807) is 0 Å². The third-order valence-corrected chi connectivity index (χ3v) is 26.4. The van der Waals surface area contributed by atoms with Crippen LogP contribution in [0.5, 0.6) is 0 Å². The number of hydrogen-bond acceptors (Lipinski definition) is 1. The first-order valence-electron chi connectivity index (χ1n) is 26.9. The Bertz CT molecular complexity index is 3320. The van der Waals surface area contributed by atoms with E-state index in [1.165, 1.54) is 76.3 Å². The molecule has 0 spiro atoms. The van der Waals surface area contributed by atoms with Crippen molar-refractivity contribution in [3.63, 3.8) is 0 Å². The van der Waals surface area contributed by atoms with Crippen molar-refractivity contribution in [2.75, 3.05) is 23.8 Å². The summed E-state index contributed by atoms with van der Waals surface area (Å²) in [6.07, 6.45) is 23.3. The summed E-state index contributed by atoms with van der Waals surface area (Å²) in [6.45, 7) is 1.87. The molecule has 1 aliphatic heterocycles. The van der Waals surface area contributed by atoms with Gasteiger partial charge >= 0.3 is 454 Å². The van der Waals surface area contributed by atoms with Gasteiger partial charge in [0, 0.05) is 0 Å². The van der Waals surface area contributed by atoms with Crippen LogP contribution >= 0.6 is 26.1 Å². The van der Waals surface area contributed by atoms with Gasteiger partial charge in [0.05, 0.1) is 0 Å². The fourth-order valence-electron chi connectivity index (χ4n) is 12.1. The van der Waals surface area contributed by atoms with E-state index in [4.69, 9.17) is 11.6 Å². The normalized spacial score (nSPS) is 15.5. The van der Waals surface area contributed by atoms with Crippen molar-refractivity contribution < 1.29 is 4.57 Å². The van der Waals surface area contributed by atoms with Crippen LogP contribution in [-0.4, -0.2) is 18.9 Å². The van der Waals surface area contributed by atoms with Crippen LogP contribution < -0.4 is 41.3 Å². The number of benzene rings is 8. The van der Waals surface area contributed by atoms with Crippen LogP contribution in [0.2, 0.25) is 0 Å². The number of hydrogen-bond donors (Lipinski definition) is 0. The maximum atomic E-state index is 7.36. The summed E-state index contributed by atoms with van der Waals surface area (Å²) >= 11 is 7.36. The van der Waals surface area contributed by atoms with E-state index in [0.29, 0.717) is 0 Å². The van der Waals surface area contributed by atoms with Crippen molar-refractivity contribution in [2.24, 2.45) is 0 Å². The van der Waals surface area contributed by atoms with Gasteiger partial charge in [0.1, 0.15) is 0 Å². The summed E-state index contributed by atoms with van der Waals surface area (Å²) in [6, 6.07) is 87.7. The van der Waals surface area contributed by atoms with Gasteiger partial charge in [-0.2, -0.15) is 0 Å². The molecular weight excluding hydrogens is 966 g/mol. The van der Waals surface area contributed by atoms with Crippen molar-refractivity contribution in [1.29, 1.82) is 0 Å². The van der Waals surface area contributed by atoms with Crippen molar-refractivity contribution in [2.45, 2.75) is 38.6 Å². The number of nitrogens with zero attached hydrogens (tertiary/aromatic N) is 2. The molecule has 0 unspecified atom stereocenters. The molecule has 372 valence electrons. The SMILES string of the molecule is ClC1=C(/C=C/c2cc[n+](CCC[PH](c3ccccc3)(c3ccccc3)c3ccccc3)c3ccccc23)CCC/C1=C\C=C1/C=CN(CCC[PH](c2ccccc2)(c2ccccc2)c2ccccc2)c2ccccc21. The molecule has 5 heteroatoms. The topological polar surface area (TPSA) is 7.12 Å². The van der Waals surface area contributed by atoms with Crippen LogP contribution in [0.4, 0.5) is 5.69 Å². The summed E-state index contributed by atoms with van der Waals surface area (Å²) in [5, 5.41) is 10.9. The van der Waals surface area contributed by atoms with E-state index < -0.39 is 14.5 Å². The molecule has 1 aliphatic carbocycles. The number of aromatic nitrogens is 1. The van der Waals surface area contributed by atoms with E-state index in [-0.39, 0.29) is 0 Å². The molecule has 0 radical (unpaired) electrons. The van der Waals surface area contributed by atoms with Crippen molar-refractivity contribution >= 4 is 86.2 Å². The molecule has 11 rings (SSSR count). The van der Waals surface area contributed by atoms with Crippen LogP contribution in [0.1, 0.15) is 43.2 Å².